The van der Waals surface area contributed by atoms with Crippen LogP contribution in [0.3, 0.4) is 0 Å². The van der Waals surface area contributed by atoms with Gasteiger partial charge in [0.2, 0.25) is 5.91 Å². The highest BCUT2D eigenvalue weighted by atomic mass is 16.2. The molecule has 0 saturated heterocycles. The molecule has 2 aromatic rings. The van der Waals surface area contributed by atoms with Crippen molar-refractivity contribution in [2.75, 3.05) is 36.8 Å². The molecule has 0 saturated carbocycles. The third kappa shape index (κ3) is 6.62. The molecule has 0 aromatic heterocycles. The van der Waals surface area contributed by atoms with Gasteiger partial charge >= 0.3 is 0 Å². The van der Waals surface area contributed by atoms with Gasteiger partial charge < -0.3 is 20.9 Å². The fourth-order valence-corrected chi connectivity index (χ4v) is 2.89. The quantitative estimate of drug-likeness (QED) is 0.560. The minimum absolute atomic E-state index is 0.00727. The van der Waals surface area contributed by atoms with E-state index in [0.29, 0.717) is 36.4 Å². The van der Waals surface area contributed by atoms with Crippen molar-refractivity contribution in [2.24, 2.45) is 0 Å². The summed E-state index contributed by atoms with van der Waals surface area (Å²) in [4.78, 5) is 38.4. The molecule has 7 heteroatoms. The standard InChI is InChI=1S/C23H30N4O3/c1-4-14-24-22(29)18-8-7-9-20(15-18)26-21(28)16-25-19-12-10-17(11-13-19)23(30)27(5-2)6-3/h7-13,15,25H,4-6,14,16H2,1-3H3,(H,24,29)(H,26,28). The fourth-order valence-electron chi connectivity index (χ4n) is 2.89. The van der Waals surface area contributed by atoms with Gasteiger partial charge in [-0.15, -0.1) is 0 Å². The molecule has 0 aliphatic heterocycles. The molecule has 3 amide bonds. The average Bonchev–Trinajstić information content (AvgIpc) is 2.77. The van der Waals surface area contributed by atoms with E-state index in [-0.39, 0.29) is 24.3 Å². The Morgan fingerprint density at radius 3 is 2.20 bits per heavy atom. The molecular formula is C23H30N4O3. The van der Waals surface area contributed by atoms with Crippen LogP contribution in [0.1, 0.15) is 47.9 Å². The number of carbonyl (C=O) groups excluding carboxylic acids is 3. The highest BCUT2D eigenvalue weighted by molar-refractivity contribution is 5.98. The van der Waals surface area contributed by atoms with Crippen molar-refractivity contribution >= 4 is 29.1 Å². The Labute approximate surface area is 177 Å². The molecule has 0 heterocycles. The van der Waals surface area contributed by atoms with Gasteiger partial charge in [0.1, 0.15) is 0 Å². The summed E-state index contributed by atoms with van der Waals surface area (Å²) < 4.78 is 0. The van der Waals surface area contributed by atoms with Crippen molar-refractivity contribution in [3.63, 3.8) is 0 Å². The second-order valence-corrected chi connectivity index (χ2v) is 6.79. The van der Waals surface area contributed by atoms with Crippen molar-refractivity contribution in [1.82, 2.24) is 10.2 Å². The van der Waals surface area contributed by atoms with Gasteiger partial charge in [-0.2, -0.15) is 0 Å². The Morgan fingerprint density at radius 1 is 0.867 bits per heavy atom. The Bertz CT molecular complexity index is 861. The van der Waals surface area contributed by atoms with E-state index in [1.807, 2.05) is 20.8 Å². The van der Waals surface area contributed by atoms with Crippen LogP contribution in [0, 0.1) is 0 Å². The highest BCUT2D eigenvalue weighted by Crippen LogP contribution is 2.13. The fraction of sp³-hybridized carbons (Fsp3) is 0.348. The smallest absolute Gasteiger partial charge is 0.253 e. The summed E-state index contributed by atoms with van der Waals surface area (Å²) in [6.07, 6.45) is 0.860. The maximum Gasteiger partial charge on any atom is 0.253 e. The first-order valence-electron chi connectivity index (χ1n) is 10.3. The van der Waals surface area contributed by atoms with E-state index in [1.165, 1.54) is 0 Å². The summed E-state index contributed by atoms with van der Waals surface area (Å²) >= 11 is 0. The van der Waals surface area contributed by atoms with Crippen LogP contribution in [-0.2, 0) is 4.79 Å². The minimum Gasteiger partial charge on any atom is -0.376 e. The van der Waals surface area contributed by atoms with Crippen LogP contribution in [-0.4, -0.2) is 48.8 Å². The van der Waals surface area contributed by atoms with Gasteiger partial charge in [0.25, 0.3) is 11.8 Å². The molecule has 3 N–H and O–H groups in total. The van der Waals surface area contributed by atoms with Gasteiger partial charge in [-0.25, -0.2) is 0 Å². The molecule has 0 unspecified atom stereocenters. The number of rotatable bonds is 10. The van der Waals surface area contributed by atoms with Gasteiger partial charge in [0, 0.05) is 42.1 Å². The summed E-state index contributed by atoms with van der Waals surface area (Å²) in [6.45, 7) is 7.88. The number of nitrogens with zero attached hydrogens (tertiary/aromatic N) is 1. The Morgan fingerprint density at radius 2 is 1.57 bits per heavy atom. The average molecular weight is 411 g/mol. The van der Waals surface area contributed by atoms with E-state index >= 15 is 0 Å². The number of hydrogen-bond acceptors (Lipinski definition) is 4. The van der Waals surface area contributed by atoms with Gasteiger partial charge in [-0.3, -0.25) is 14.4 Å². The van der Waals surface area contributed by atoms with Crippen LogP contribution in [0.15, 0.2) is 48.5 Å². The number of amides is 3. The predicted molar refractivity (Wildman–Crippen MR) is 120 cm³/mol. The molecule has 0 aliphatic rings. The molecule has 2 aromatic carbocycles. The molecule has 0 aliphatic carbocycles. The lowest BCUT2D eigenvalue weighted by Gasteiger charge is -2.18. The topological polar surface area (TPSA) is 90.5 Å². The number of anilines is 2. The van der Waals surface area contributed by atoms with Crippen molar-refractivity contribution in [1.29, 1.82) is 0 Å². The molecule has 160 valence electrons. The van der Waals surface area contributed by atoms with E-state index in [9.17, 15) is 14.4 Å². The second kappa shape index (κ2) is 11.6. The number of hydrogen-bond donors (Lipinski definition) is 3. The van der Waals surface area contributed by atoms with Gasteiger partial charge in [-0.1, -0.05) is 13.0 Å². The largest absolute Gasteiger partial charge is 0.376 e. The first kappa shape index (κ1) is 22.9. The van der Waals surface area contributed by atoms with E-state index in [4.69, 9.17) is 0 Å². The summed E-state index contributed by atoms with van der Waals surface area (Å²) in [7, 11) is 0. The molecule has 0 atom stereocenters. The van der Waals surface area contributed by atoms with E-state index < -0.39 is 0 Å². The molecule has 30 heavy (non-hydrogen) atoms. The second-order valence-electron chi connectivity index (χ2n) is 6.79. The molecule has 0 bridgehead atoms. The van der Waals surface area contributed by atoms with Gasteiger partial charge in [0.15, 0.2) is 0 Å². The van der Waals surface area contributed by atoms with Crippen LogP contribution in [0.25, 0.3) is 0 Å². The van der Waals surface area contributed by atoms with E-state index in [0.717, 1.165) is 12.1 Å². The molecular weight excluding hydrogens is 380 g/mol. The lowest BCUT2D eigenvalue weighted by atomic mass is 10.1. The maximum absolute atomic E-state index is 12.3. The van der Waals surface area contributed by atoms with E-state index in [2.05, 4.69) is 16.0 Å². The van der Waals surface area contributed by atoms with Crippen molar-refractivity contribution in [3.05, 3.63) is 59.7 Å². The van der Waals surface area contributed by atoms with E-state index in [1.54, 1.807) is 53.4 Å². The van der Waals surface area contributed by atoms with Crippen LogP contribution in [0.4, 0.5) is 11.4 Å². The zero-order chi connectivity index (χ0) is 21.9. The molecule has 0 spiro atoms. The predicted octanol–water partition coefficient (Wildman–Crippen LogP) is 3.36. The van der Waals surface area contributed by atoms with Crippen LogP contribution in [0.5, 0.6) is 0 Å². The van der Waals surface area contributed by atoms with Crippen molar-refractivity contribution in [2.45, 2.75) is 27.2 Å². The van der Waals surface area contributed by atoms with Gasteiger partial charge in [0.05, 0.1) is 6.54 Å². The number of carbonyl (C=O) groups is 3. The monoisotopic (exact) mass is 410 g/mol. The van der Waals surface area contributed by atoms with Crippen molar-refractivity contribution < 1.29 is 14.4 Å². The lowest BCUT2D eigenvalue weighted by Crippen LogP contribution is -2.30. The SMILES string of the molecule is CCCNC(=O)c1cccc(NC(=O)CNc2ccc(C(=O)N(CC)CC)cc2)c1. The maximum atomic E-state index is 12.3. The molecule has 0 radical (unpaired) electrons. The Kier molecular flexibility index (Phi) is 8.87. The molecule has 7 nitrogen and oxygen atoms in total. The zero-order valence-corrected chi connectivity index (χ0v) is 17.8. The third-order valence-corrected chi connectivity index (χ3v) is 4.58. The van der Waals surface area contributed by atoms with Crippen LogP contribution in [0.2, 0.25) is 0 Å². The normalized spacial score (nSPS) is 10.2. The van der Waals surface area contributed by atoms with Crippen LogP contribution >= 0.6 is 0 Å². The summed E-state index contributed by atoms with van der Waals surface area (Å²) in [6, 6.07) is 13.9. The molecule has 2 rings (SSSR count). The summed E-state index contributed by atoms with van der Waals surface area (Å²) in [5.74, 6) is -0.401. The first-order chi connectivity index (χ1) is 14.5. The van der Waals surface area contributed by atoms with Gasteiger partial charge in [-0.05, 0) is 62.7 Å². The Balaban J connectivity index is 1.89. The van der Waals surface area contributed by atoms with Crippen molar-refractivity contribution in [3.8, 4) is 0 Å². The third-order valence-electron chi connectivity index (χ3n) is 4.58. The first-order valence-corrected chi connectivity index (χ1v) is 10.3. The van der Waals surface area contributed by atoms with Crippen LogP contribution < -0.4 is 16.0 Å². The summed E-state index contributed by atoms with van der Waals surface area (Å²) in [5, 5.41) is 8.63. The highest BCUT2D eigenvalue weighted by Gasteiger charge is 2.12. The lowest BCUT2D eigenvalue weighted by molar-refractivity contribution is -0.114. The minimum atomic E-state index is -0.232. The summed E-state index contributed by atoms with van der Waals surface area (Å²) in [5.41, 5.74) is 2.43. The number of benzene rings is 2. The zero-order valence-electron chi connectivity index (χ0n) is 17.8. The molecule has 0 fully saturated rings. The number of nitrogens with one attached hydrogen (secondary N) is 3. The Hall–Kier alpha value is -3.35.